The molecule has 21 heavy (non-hydrogen) atoms. The maximum Gasteiger partial charge on any atom is 0.405 e. The highest BCUT2D eigenvalue weighted by atomic mass is 35.5. The molecule has 1 aromatic carbocycles. The average molecular weight is 326 g/mol. The highest BCUT2D eigenvalue weighted by Gasteiger charge is 2.27. The second-order valence-electron chi connectivity index (χ2n) is 4.38. The molecule has 1 amide bonds. The van der Waals surface area contributed by atoms with Gasteiger partial charge in [-0.25, -0.2) is 0 Å². The fourth-order valence-corrected chi connectivity index (χ4v) is 1.70. The fraction of sp³-hybridized carbons (Fsp3) is 0.462. The lowest BCUT2D eigenvalue weighted by Crippen LogP contribution is -2.42. The summed E-state index contributed by atoms with van der Waals surface area (Å²) in [6, 6.07) is 9.36. The number of hydrogen-bond donors (Lipinski definition) is 2. The smallest absolute Gasteiger partial charge is 0.346 e. The molecule has 120 valence electrons. The third kappa shape index (κ3) is 9.28. The lowest BCUT2D eigenvalue weighted by molar-refractivity contribution is -0.139. The summed E-state index contributed by atoms with van der Waals surface area (Å²) in [5.74, 6) is -0.660. The van der Waals surface area contributed by atoms with Gasteiger partial charge in [-0.15, -0.1) is 12.4 Å². The van der Waals surface area contributed by atoms with Crippen molar-refractivity contribution >= 4 is 18.3 Å². The Balaban J connectivity index is 0.00000400. The van der Waals surface area contributed by atoms with Gasteiger partial charge in [-0.05, 0) is 5.56 Å². The summed E-state index contributed by atoms with van der Waals surface area (Å²) in [7, 11) is 0. The molecule has 0 atom stereocenters. The molecule has 4 nitrogen and oxygen atoms in total. The summed E-state index contributed by atoms with van der Waals surface area (Å²) in [4.78, 5) is 13.2. The molecule has 0 heterocycles. The van der Waals surface area contributed by atoms with E-state index in [4.69, 9.17) is 5.73 Å². The maximum atomic E-state index is 12.0. The van der Waals surface area contributed by atoms with Crippen molar-refractivity contribution in [2.75, 3.05) is 26.2 Å². The van der Waals surface area contributed by atoms with Crippen molar-refractivity contribution in [3.05, 3.63) is 35.9 Å². The quantitative estimate of drug-likeness (QED) is 0.799. The van der Waals surface area contributed by atoms with E-state index in [1.165, 1.54) is 0 Å². The number of carbonyl (C=O) groups excluding carboxylic acids is 1. The van der Waals surface area contributed by atoms with Crippen LogP contribution in [0.25, 0.3) is 0 Å². The van der Waals surface area contributed by atoms with Gasteiger partial charge >= 0.3 is 6.18 Å². The van der Waals surface area contributed by atoms with Crippen molar-refractivity contribution in [2.45, 2.75) is 12.7 Å². The lowest BCUT2D eigenvalue weighted by atomic mass is 10.2. The molecule has 0 aliphatic heterocycles. The third-order valence-corrected chi connectivity index (χ3v) is 2.55. The van der Waals surface area contributed by atoms with Gasteiger partial charge in [0.2, 0.25) is 5.91 Å². The van der Waals surface area contributed by atoms with Crippen LogP contribution < -0.4 is 11.1 Å². The van der Waals surface area contributed by atoms with E-state index < -0.39 is 18.6 Å². The van der Waals surface area contributed by atoms with Crippen LogP contribution >= 0.6 is 12.4 Å². The van der Waals surface area contributed by atoms with Crippen molar-refractivity contribution in [1.82, 2.24) is 10.2 Å². The maximum absolute atomic E-state index is 12.0. The van der Waals surface area contributed by atoms with Gasteiger partial charge in [0.1, 0.15) is 6.54 Å². The number of carbonyl (C=O) groups is 1. The Morgan fingerprint density at radius 3 is 2.38 bits per heavy atom. The number of benzene rings is 1. The number of halogens is 4. The van der Waals surface area contributed by atoms with Crippen LogP contribution in [0.4, 0.5) is 13.2 Å². The van der Waals surface area contributed by atoms with Gasteiger partial charge in [0.25, 0.3) is 0 Å². The minimum Gasteiger partial charge on any atom is -0.346 e. The van der Waals surface area contributed by atoms with Gasteiger partial charge in [0, 0.05) is 19.6 Å². The summed E-state index contributed by atoms with van der Waals surface area (Å²) >= 11 is 0. The van der Waals surface area contributed by atoms with Crippen LogP contribution in [0.15, 0.2) is 30.3 Å². The molecule has 0 aromatic heterocycles. The third-order valence-electron chi connectivity index (χ3n) is 2.55. The molecule has 0 bridgehead atoms. The summed E-state index contributed by atoms with van der Waals surface area (Å²) < 4.78 is 36.0. The van der Waals surface area contributed by atoms with Gasteiger partial charge in [0.15, 0.2) is 0 Å². The Bertz CT molecular complexity index is 415. The molecule has 0 fully saturated rings. The van der Waals surface area contributed by atoms with Crippen LogP contribution in [-0.4, -0.2) is 43.2 Å². The molecule has 1 aromatic rings. The Morgan fingerprint density at radius 1 is 1.24 bits per heavy atom. The second-order valence-corrected chi connectivity index (χ2v) is 4.38. The van der Waals surface area contributed by atoms with E-state index in [1.54, 1.807) is 4.90 Å². The molecule has 8 heteroatoms. The van der Waals surface area contributed by atoms with Crippen molar-refractivity contribution in [1.29, 1.82) is 0 Å². The van der Waals surface area contributed by atoms with Crippen molar-refractivity contribution in [2.24, 2.45) is 5.73 Å². The van der Waals surface area contributed by atoms with E-state index in [9.17, 15) is 18.0 Å². The zero-order valence-electron chi connectivity index (χ0n) is 11.4. The molecule has 0 unspecified atom stereocenters. The normalized spacial score (nSPS) is 11.1. The number of nitrogens with two attached hydrogens (primary N) is 1. The van der Waals surface area contributed by atoms with Crippen LogP contribution in [0.3, 0.4) is 0 Å². The Kier molecular flexibility index (Phi) is 9.00. The van der Waals surface area contributed by atoms with Gasteiger partial charge in [0.05, 0.1) is 6.54 Å². The Labute approximate surface area is 127 Å². The zero-order valence-corrected chi connectivity index (χ0v) is 12.2. The molecule has 0 saturated heterocycles. The first-order chi connectivity index (χ1) is 9.40. The summed E-state index contributed by atoms with van der Waals surface area (Å²) in [6.07, 6.45) is -4.40. The van der Waals surface area contributed by atoms with E-state index in [-0.39, 0.29) is 19.0 Å². The summed E-state index contributed by atoms with van der Waals surface area (Å²) in [6.45, 7) is -0.180. The predicted octanol–water partition coefficient (Wildman–Crippen LogP) is 1.55. The SMILES string of the molecule is Cl.NCCN(CC(=O)NCC(F)(F)F)Cc1ccccc1. The molecule has 0 aliphatic carbocycles. The van der Waals surface area contributed by atoms with Crippen LogP contribution in [0.1, 0.15) is 5.56 Å². The van der Waals surface area contributed by atoms with Crippen LogP contribution in [0, 0.1) is 0 Å². The largest absolute Gasteiger partial charge is 0.405 e. The van der Waals surface area contributed by atoms with Crippen LogP contribution in [0.5, 0.6) is 0 Å². The van der Waals surface area contributed by atoms with Gasteiger partial charge in [-0.3, -0.25) is 9.69 Å². The van der Waals surface area contributed by atoms with Gasteiger partial charge < -0.3 is 11.1 Å². The molecule has 1 rings (SSSR count). The van der Waals surface area contributed by atoms with E-state index in [0.29, 0.717) is 19.6 Å². The standard InChI is InChI=1S/C13H18F3N3O.ClH/c14-13(15,16)10-18-12(20)9-19(7-6-17)8-11-4-2-1-3-5-11;/h1-5H,6-10,17H2,(H,18,20);1H. The van der Waals surface area contributed by atoms with Gasteiger partial charge in [-0.2, -0.15) is 13.2 Å². The monoisotopic (exact) mass is 325 g/mol. The minimum absolute atomic E-state index is 0. The molecular formula is C13H19ClF3N3O. The van der Waals surface area contributed by atoms with E-state index in [2.05, 4.69) is 0 Å². The molecule has 0 radical (unpaired) electrons. The number of hydrogen-bond acceptors (Lipinski definition) is 3. The van der Waals surface area contributed by atoms with Crippen LogP contribution in [-0.2, 0) is 11.3 Å². The van der Waals surface area contributed by atoms with Crippen LogP contribution in [0.2, 0.25) is 0 Å². The van der Waals surface area contributed by atoms with Crippen molar-refractivity contribution in [3.63, 3.8) is 0 Å². The number of nitrogens with one attached hydrogen (secondary N) is 1. The summed E-state index contributed by atoms with van der Waals surface area (Å²) in [5.41, 5.74) is 6.43. The molecular weight excluding hydrogens is 307 g/mol. The highest BCUT2D eigenvalue weighted by molar-refractivity contribution is 5.85. The van der Waals surface area contributed by atoms with Gasteiger partial charge in [-0.1, -0.05) is 30.3 Å². The fourth-order valence-electron chi connectivity index (χ4n) is 1.70. The topological polar surface area (TPSA) is 58.4 Å². The van der Waals surface area contributed by atoms with E-state index >= 15 is 0 Å². The number of alkyl halides is 3. The second kappa shape index (κ2) is 9.59. The lowest BCUT2D eigenvalue weighted by Gasteiger charge is -2.21. The van der Waals surface area contributed by atoms with E-state index in [1.807, 2.05) is 35.6 Å². The first-order valence-electron chi connectivity index (χ1n) is 6.20. The Hall–Kier alpha value is -1.31. The van der Waals surface area contributed by atoms with Crippen molar-refractivity contribution < 1.29 is 18.0 Å². The predicted molar refractivity (Wildman–Crippen MR) is 77.1 cm³/mol. The molecule has 0 spiro atoms. The number of rotatable bonds is 7. The highest BCUT2D eigenvalue weighted by Crippen LogP contribution is 2.12. The average Bonchev–Trinajstić information content (AvgIpc) is 2.37. The molecule has 3 N–H and O–H groups in total. The number of amides is 1. The van der Waals surface area contributed by atoms with Crippen molar-refractivity contribution in [3.8, 4) is 0 Å². The van der Waals surface area contributed by atoms with E-state index in [0.717, 1.165) is 5.56 Å². The summed E-state index contributed by atoms with van der Waals surface area (Å²) in [5, 5.41) is 1.85. The molecule has 0 aliphatic rings. The first kappa shape index (κ1) is 19.7. The number of nitrogens with zero attached hydrogens (tertiary/aromatic N) is 1. The first-order valence-corrected chi connectivity index (χ1v) is 6.20. The Morgan fingerprint density at radius 2 is 1.86 bits per heavy atom. The minimum atomic E-state index is -4.40. The zero-order chi connectivity index (χ0) is 15.0. The molecule has 0 saturated carbocycles.